The van der Waals surface area contributed by atoms with Gasteiger partial charge in [0.1, 0.15) is 5.60 Å². The molecule has 18 heavy (non-hydrogen) atoms. The molecule has 3 N–H and O–H groups in total. The highest BCUT2D eigenvalue weighted by atomic mass is 32.1. The lowest BCUT2D eigenvalue weighted by Crippen LogP contribution is -2.27. The molecule has 6 heteroatoms. The highest BCUT2D eigenvalue weighted by Gasteiger charge is 2.17. The number of nitrogens with one attached hydrogen (secondary N) is 1. The molecule has 0 saturated carbocycles. The zero-order valence-electron chi connectivity index (χ0n) is 11.4. The van der Waals surface area contributed by atoms with Gasteiger partial charge >= 0.3 is 6.09 Å². The van der Waals surface area contributed by atoms with Gasteiger partial charge in [0.05, 0.1) is 5.69 Å². The number of carbonyl (C=O) groups is 1. The number of amides is 1. The van der Waals surface area contributed by atoms with Gasteiger partial charge in [-0.15, -0.1) is 11.3 Å². The van der Waals surface area contributed by atoms with Crippen molar-refractivity contribution in [2.75, 3.05) is 11.9 Å². The number of aryl methyl sites for hydroxylation is 2. The molecule has 0 fully saturated rings. The maximum atomic E-state index is 11.6. The van der Waals surface area contributed by atoms with Crippen LogP contribution in [0.2, 0.25) is 0 Å². The standard InChI is InChI=1S/C12H21N3O2S/c1-8-9(6-5-7-13)18-10(14-8)15-11(16)17-12(2,3)4/h5-7,13H2,1-4H3,(H,14,15,16). The number of aromatic nitrogens is 1. The van der Waals surface area contributed by atoms with Crippen molar-refractivity contribution in [2.24, 2.45) is 5.73 Å². The molecule has 1 rings (SSSR count). The zero-order valence-corrected chi connectivity index (χ0v) is 12.2. The van der Waals surface area contributed by atoms with Gasteiger partial charge < -0.3 is 10.5 Å². The van der Waals surface area contributed by atoms with Crippen molar-refractivity contribution in [3.63, 3.8) is 0 Å². The summed E-state index contributed by atoms with van der Waals surface area (Å²) in [5.74, 6) is 0. The largest absolute Gasteiger partial charge is 0.444 e. The van der Waals surface area contributed by atoms with Crippen molar-refractivity contribution < 1.29 is 9.53 Å². The summed E-state index contributed by atoms with van der Waals surface area (Å²) in [5, 5.41) is 3.23. The van der Waals surface area contributed by atoms with E-state index in [4.69, 9.17) is 10.5 Å². The molecule has 0 atom stereocenters. The van der Waals surface area contributed by atoms with Gasteiger partial charge in [-0.3, -0.25) is 5.32 Å². The van der Waals surface area contributed by atoms with Crippen molar-refractivity contribution in [2.45, 2.75) is 46.1 Å². The lowest BCUT2D eigenvalue weighted by molar-refractivity contribution is 0.0636. The molecule has 0 bridgehead atoms. The summed E-state index contributed by atoms with van der Waals surface area (Å²) in [4.78, 5) is 17.0. The fourth-order valence-electron chi connectivity index (χ4n) is 1.37. The lowest BCUT2D eigenvalue weighted by Gasteiger charge is -2.18. The fraction of sp³-hybridized carbons (Fsp3) is 0.667. The average molecular weight is 271 g/mol. The van der Waals surface area contributed by atoms with E-state index >= 15 is 0 Å². The van der Waals surface area contributed by atoms with Crippen LogP contribution in [0, 0.1) is 6.92 Å². The lowest BCUT2D eigenvalue weighted by atomic mass is 10.2. The van der Waals surface area contributed by atoms with Crippen LogP contribution in [-0.2, 0) is 11.2 Å². The first-order chi connectivity index (χ1) is 8.31. The van der Waals surface area contributed by atoms with E-state index in [1.54, 1.807) is 0 Å². The monoisotopic (exact) mass is 271 g/mol. The van der Waals surface area contributed by atoms with Gasteiger partial charge in [-0.05, 0) is 47.1 Å². The molecule has 0 aromatic carbocycles. The van der Waals surface area contributed by atoms with Gasteiger partial charge in [-0.1, -0.05) is 0 Å². The van der Waals surface area contributed by atoms with Crippen LogP contribution >= 0.6 is 11.3 Å². The van der Waals surface area contributed by atoms with Gasteiger partial charge in [0, 0.05) is 4.88 Å². The van der Waals surface area contributed by atoms with Crippen LogP contribution in [-0.4, -0.2) is 23.2 Å². The van der Waals surface area contributed by atoms with Crippen molar-refractivity contribution >= 4 is 22.6 Å². The van der Waals surface area contributed by atoms with Crippen LogP contribution < -0.4 is 11.1 Å². The minimum absolute atomic E-state index is 0.471. The molecule has 1 heterocycles. The van der Waals surface area contributed by atoms with Crippen LogP contribution in [0.3, 0.4) is 0 Å². The van der Waals surface area contributed by atoms with Crippen molar-refractivity contribution in [3.8, 4) is 0 Å². The van der Waals surface area contributed by atoms with Gasteiger partial charge in [0.15, 0.2) is 5.13 Å². The van der Waals surface area contributed by atoms with Crippen LogP contribution in [0.4, 0.5) is 9.93 Å². The van der Waals surface area contributed by atoms with Crippen molar-refractivity contribution in [3.05, 3.63) is 10.6 Å². The molecule has 0 radical (unpaired) electrons. The predicted molar refractivity (Wildman–Crippen MR) is 74.1 cm³/mol. The third-order valence-corrected chi connectivity index (χ3v) is 3.24. The molecule has 102 valence electrons. The number of hydrogen-bond acceptors (Lipinski definition) is 5. The second kappa shape index (κ2) is 6.15. The van der Waals surface area contributed by atoms with E-state index in [9.17, 15) is 4.79 Å². The first kappa shape index (κ1) is 14.9. The van der Waals surface area contributed by atoms with E-state index in [0.29, 0.717) is 11.7 Å². The van der Waals surface area contributed by atoms with E-state index in [1.807, 2.05) is 27.7 Å². The van der Waals surface area contributed by atoms with Gasteiger partial charge in [0.25, 0.3) is 0 Å². The highest BCUT2D eigenvalue weighted by molar-refractivity contribution is 7.15. The van der Waals surface area contributed by atoms with E-state index in [1.165, 1.54) is 11.3 Å². The number of hydrogen-bond donors (Lipinski definition) is 2. The van der Waals surface area contributed by atoms with Crippen LogP contribution in [0.1, 0.15) is 37.8 Å². The second-order valence-corrected chi connectivity index (χ2v) is 6.13. The number of thiazole rings is 1. The average Bonchev–Trinajstić information content (AvgIpc) is 2.52. The molecular weight excluding hydrogens is 250 g/mol. The summed E-state index contributed by atoms with van der Waals surface area (Å²) in [6.45, 7) is 8.07. The van der Waals surface area contributed by atoms with Crippen molar-refractivity contribution in [1.82, 2.24) is 4.98 Å². The Morgan fingerprint density at radius 3 is 2.72 bits per heavy atom. The molecule has 0 unspecified atom stereocenters. The number of ether oxygens (including phenoxy) is 1. The number of carbonyl (C=O) groups excluding carboxylic acids is 1. The third kappa shape index (κ3) is 5.01. The summed E-state index contributed by atoms with van der Waals surface area (Å²) >= 11 is 1.48. The molecule has 1 aromatic rings. The first-order valence-electron chi connectivity index (χ1n) is 5.98. The van der Waals surface area contributed by atoms with Gasteiger partial charge in [-0.25, -0.2) is 9.78 Å². The molecule has 0 saturated heterocycles. The van der Waals surface area contributed by atoms with Crippen molar-refractivity contribution in [1.29, 1.82) is 0 Å². The Hall–Kier alpha value is -1.14. The molecule has 1 amide bonds. The molecule has 0 aliphatic carbocycles. The van der Waals surface area contributed by atoms with E-state index in [0.717, 1.165) is 23.4 Å². The third-order valence-electron chi connectivity index (χ3n) is 2.11. The fourth-order valence-corrected chi connectivity index (χ4v) is 2.36. The second-order valence-electron chi connectivity index (χ2n) is 5.05. The molecule has 5 nitrogen and oxygen atoms in total. The summed E-state index contributed by atoms with van der Waals surface area (Å²) in [5.41, 5.74) is 5.92. The van der Waals surface area contributed by atoms with Crippen LogP contribution in [0.5, 0.6) is 0 Å². The van der Waals surface area contributed by atoms with Crippen LogP contribution in [0.25, 0.3) is 0 Å². The number of anilines is 1. The summed E-state index contributed by atoms with van der Waals surface area (Å²) in [6, 6.07) is 0. The highest BCUT2D eigenvalue weighted by Crippen LogP contribution is 2.24. The van der Waals surface area contributed by atoms with Crippen LogP contribution in [0.15, 0.2) is 0 Å². The molecule has 0 spiro atoms. The minimum Gasteiger partial charge on any atom is -0.444 e. The SMILES string of the molecule is Cc1nc(NC(=O)OC(C)(C)C)sc1CCCN. The van der Waals surface area contributed by atoms with E-state index in [-0.39, 0.29) is 0 Å². The first-order valence-corrected chi connectivity index (χ1v) is 6.80. The maximum Gasteiger partial charge on any atom is 0.413 e. The quantitative estimate of drug-likeness (QED) is 0.882. The molecular formula is C12H21N3O2S. The molecule has 1 aromatic heterocycles. The molecule has 0 aliphatic rings. The Morgan fingerprint density at radius 2 is 2.17 bits per heavy atom. The number of rotatable bonds is 4. The smallest absolute Gasteiger partial charge is 0.413 e. The summed E-state index contributed by atoms with van der Waals surface area (Å²) in [6.07, 6.45) is 1.35. The molecule has 0 aliphatic heterocycles. The predicted octanol–water partition coefficient (Wildman–Crippen LogP) is 2.69. The number of nitrogens with zero attached hydrogens (tertiary/aromatic N) is 1. The topological polar surface area (TPSA) is 77.2 Å². The minimum atomic E-state index is -0.501. The van der Waals surface area contributed by atoms with E-state index < -0.39 is 11.7 Å². The van der Waals surface area contributed by atoms with Gasteiger partial charge in [-0.2, -0.15) is 0 Å². The zero-order chi connectivity index (χ0) is 13.8. The van der Waals surface area contributed by atoms with Gasteiger partial charge in [0.2, 0.25) is 0 Å². The Balaban J connectivity index is 2.60. The number of nitrogens with two attached hydrogens (primary N) is 1. The normalized spacial score (nSPS) is 11.4. The maximum absolute atomic E-state index is 11.6. The Labute approximate surface area is 112 Å². The van der Waals surface area contributed by atoms with E-state index in [2.05, 4.69) is 10.3 Å². The Kier molecular flexibility index (Phi) is 5.10. The Morgan fingerprint density at radius 1 is 1.50 bits per heavy atom. The Bertz CT molecular complexity index is 410. The summed E-state index contributed by atoms with van der Waals surface area (Å²) in [7, 11) is 0. The summed E-state index contributed by atoms with van der Waals surface area (Å²) < 4.78 is 5.17.